The number of benzene rings is 2. The first-order valence-corrected chi connectivity index (χ1v) is 14.2. The third-order valence-electron chi connectivity index (χ3n) is 7.74. The van der Waals surface area contributed by atoms with Crippen LogP contribution in [0.4, 0.5) is 20.2 Å². The fraction of sp³-hybridized carbons (Fsp3) is 0.387. The maximum absolute atomic E-state index is 13.5. The van der Waals surface area contributed by atoms with Gasteiger partial charge >= 0.3 is 0 Å². The second-order valence-electron chi connectivity index (χ2n) is 10.9. The maximum atomic E-state index is 13.5. The highest BCUT2D eigenvalue weighted by Crippen LogP contribution is 2.31. The van der Waals surface area contributed by atoms with Gasteiger partial charge in [-0.1, -0.05) is 6.07 Å². The average Bonchev–Trinajstić information content (AvgIpc) is 2.97. The molecule has 222 valence electrons. The van der Waals surface area contributed by atoms with E-state index in [4.69, 9.17) is 20.6 Å². The molecular weight excluding hydrogens is 542 g/mol. The molecule has 2 fully saturated rings. The molecule has 0 unspecified atom stereocenters. The van der Waals surface area contributed by atoms with E-state index in [2.05, 4.69) is 33.6 Å². The summed E-state index contributed by atoms with van der Waals surface area (Å²) in [5.41, 5.74) is 8.89. The fourth-order valence-corrected chi connectivity index (χ4v) is 5.36. The number of piperidine rings is 1. The van der Waals surface area contributed by atoms with Gasteiger partial charge in [-0.05, 0) is 93.2 Å². The molecule has 0 bridgehead atoms. The largest absolute Gasteiger partial charge is 0.473 e. The molecule has 2 aromatic carbocycles. The van der Waals surface area contributed by atoms with E-state index in [1.54, 1.807) is 0 Å². The number of ether oxygens (including phenoxy) is 2. The predicted octanol–water partition coefficient (Wildman–Crippen LogP) is 4.68. The van der Waals surface area contributed by atoms with Gasteiger partial charge in [0, 0.05) is 37.1 Å². The number of nitrogens with two attached hydrogens (primary N) is 1. The molecule has 0 spiro atoms. The molecule has 0 radical (unpaired) electrons. The van der Waals surface area contributed by atoms with Crippen LogP contribution in [0.1, 0.15) is 58.8 Å². The van der Waals surface area contributed by atoms with Gasteiger partial charge in [-0.2, -0.15) is 0 Å². The van der Waals surface area contributed by atoms with Crippen LogP contribution in [0.15, 0.2) is 48.5 Å². The van der Waals surface area contributed by atoms with Crippen LogP contribution in [0.25, 0.3) is 0 Å². The lowest BCUT2D eigenvalue weighted by Gasteiger charge is -2.30. The normalized spacial score (nSPS) is 16.6. The van der Waals surface area contributed by atoms with E-state index in [0.717, 1.165) is 62.7 Å². The highest BCUT2D eigenvalue weighted by atomic mass is 19.1. The summed E-state index contributed by atoms with van der Waals surface area (Å²) in [5, 5.41) is 14.8. The fourth-order valence-electron chi connectivity index (χ4n) is 5.36. The first-order chi connectivity index (χ1) is 20.2. The molecule has 1 aromatic heterocycles. The van der Waals surface area contributed by atoms with Gasteiger partial charge in [-0.25, -0.2) is 13.8 Å². The summed E-state index contributed by atoms with van der Waals surface area (Å²) < 4.78 is 38.1. The maximum Gasteiger partial charge on any atom is 0.258 e. The van der Waals surface area contributed by atoms with E-state index in [1.807, 2.05) is 12.1 Å². The lowest BCUT2D eigenvalue weighted by molar-refractivity contribution is 0.0904. The number of nitrogens with zero attached hydrogens (tertiary/aromatic N) is 2. The van der Waals surface area contributed by atoms with Crippen LogP contribution in [0.5, 0.6) is 5.88 Å². The van der Waals surface area contributed by atoms with Crippen LogP contribution < -0.4 is 21.1 Å². The summed E-state index contributed by atoms with van der Waals surface area (Å²) >= 11 is 0. The minimum absolute atomic E-state index is 0.0214. The number of halogens is 2. The Kier molecular flexibility index (Phi) is 9.28. The number of anilines is 2. The van der Waals surface area contributed by atoms with E-state index in [9.17, 15) is 13.6 Å². The van der Waals surface area contributed by atoms with E-state index >= 15 is 0 Å². The standard InChI is InChI=1S/C31H36F2N6O3/c1-39-10-6-20(7-11-39)21-2-3-25(27(16-21)36-24-8-12-41-13-9-24)31(40)38-30(35)29-26(34)4-5-28(37-29)42-18-19-14-22(32)17-23(33)15-19/h2-5,14-17,20,24,36H,6-13,18,34H2,1H3,(H2,35,38,40). The molecule has 0 aliphatic carbocycles. The summed E-state index contributed by atoms with van der Waals surface area (Å²) in [6.45, 7) is 3.24. The van der Waals surface area contributed by atoms with Gasteiger partial charge in [0.05, 0.1) is 11.3 Å². The number of pyridine rings is 1. The number of nitrogens with one attached hydrogen (secondary N) is 3. The molecule has 2 saturated heterocycles. The number of carbonyl (C=O) groups excluding carboxylic acids is 1. The van der Waals surface area contributed by atoms with Gasteiger partial charge < -0.3 is 30.7 Å². The van der Waals surface area contributed by atoms with Crippen LogP contribution in [0.3, 0.4) is 0 Å². The second kappa shape index (κ2) is 13.3. The predicted molar refractivity (Wildman–Crippen MR) is 157 cm³/mol. The molecule has 2 aliphatic heterocycles. The van der Waals surface area contributed by atoms with Crippen LogP contribution in [0.2, 0.25) is 0 Å². The van der Waals surface area contributed by atoms with Crippen LogP contribution in [-0.4, -0.2) is 61.0 Å². The summed E-state index contributed by atoms with van der Waals surface area (Å²) in [6, 6.07) is 12.1. The molecule has 3 aromatic rings. The molecule has 5 rings (SSSR count). The highest BCUT2D eigenvalue weighted by Gasteiger charge is 2.23. The number of hydrogen-bond acceptors (Lipinski definition) is 8. The topological polar surface area (TPSA) is 126 Å². The smallest absolute Gasteiger partial charge is 0.258 e. The van der Waals surface area contributed by atoms with Crippen molar-refractivity contribution in [3.8, 4) is 5.88 Å². The van der Waals surface area contributed by atoms with Crippen molar-refractivity contribution in [3.63, 3.8) is 0 Å². The third-order valence-corrected chi connectivity index (χ3v) is 7.74. The second-order valence-corrected chi connectivity index (χ2v) is 10.9. The summed E-state index contributed by atoms with van der Waals surface area (Å²) in [7, 11) is 2.13. The minimum Gasteiger partial charge on any atom is -0.473 e. The Morgan fingerprint density at radius 1 is 1.07 bits per heavy atom. The van der Waals surface area contributed by atoms with Crippen molar-refractivity contribution in [2.24, 2.45) is 0 Å². The van der Waals surface area contributed by atoms with Crippen molar-refractivity contribution in [3.05, 3.63) is 82.5 Å². The number of likely N-dealkylation sites (tertiary alicyclic amines) is 1. The zero-order valence-electron chi connectivity index (χ0n) is 23.6. The van der Waals surface area contributed by atoms with Crippen molar-refractivity contribution in [1.82, 2.24) is 15.2 Å². The Hall–Kier alpha value is -4.09. The first-order valence-electron chi connectivity index (χ1n) is 14.2. The minimum atomic E-state index is -0.714. The zero-order valence-corrected chi connectivity index (χ0v) is 23.6. The van der Waals surface area contributed by atoms with Crippen molar-refractivity contribution in [2.45, 2.75) is 44.2 Å². The molecule has 2 aliphatic rings. The molecule has 5 N–H and O–H groups in total. The molecule has 3 heterocycles. The average molecular weight is 579 g/mol. The highest BCUT2D eigenvalue weighted by molar-refractivity contribution is 6.14. The van der Waals surface area contributed by atoms with Crippen molar-refractivity contribution >= 4 is 23.1 Å². The van der Waals surface area contributed by atoms with Crippen molar-refractivity contribution in [2.75, 3.05) is 44.4 Å². The molecule has 9 nitrogen and oxygen atoms in total. The molecule has 0 saturated carbocycles. The van der Waals surface area contributed by atoms with Gasteiger partial charge in [0.2, 0.25) is 5.88 Å². The first kappa shape index (κ1) is 29.4. The number of hydrogen-bond donors (Lipinski definition) is 4. The quantitative estimate of drug-likeness (QED) is 0.226. The lowest BCUT2D eigenvalue weighted by atomic mass is 9.88. The lowest BCUT2D eigenvalue weighted by Crippen LogP contribution is -2.34. The Morgan fingerprint density at radius 3 is 2.50 bits per heavy atom. The number of rotatable bonds is 8. The van der Waals surface area contributed by atoms with Crippen LogP contribution in [0, 0.1) is 17.0 Å². The number of aromatic nitrogens is 1. The van der Waals surface area contributed by atoms with Gasteiger partial charge in [0.1, 0.15) is 23.9 Å². The Balaban J connectivity index is 1.32. The van der Waals surface area contributed by atoms with Crippen molar-refractivity contribution in [1.29, 1.82) is 5.41 Å². The zero-order chi connectivity index (χ0) is 29.6. The summed E-state index contributed by atoms with van der Waals surface area (Å²) in [4.78, 5) is 20.1. The Morgan fingerprint density at radius 2 is 1.79 bits per heavy atom. The number of amidine groups is 1. The van der Waals surface area contributed by atoms with Gasteiger partial charge in [0.25, 0.3) is 5.91 Å². The van der Waals surface area contributed by atoms with Gasteiger partial charge in [-0.3, -0.25) is 10.2 Å². The Bertz CT molecular complexity index is 1420. The number of amides is 1. The van der Waals surface area contributed by atoms with Gasteiger partial charge in [-0.15, -0.1) is 0 Å². The summed E-state index contributed by atoms with van der Waals surface area (Å²) in [6.07, 6.45) is 3.79. The molecule has 0 atom stereocenters. The van der Waals surface area contributed by atoms with E-state index < -0.39 is 17.5 Å². The van der Waals surface area contributed by atoms with Crippen LogP contribution >= 0.6 is 0 Å². The van der Waals surface area contributed by atoms with E-state index in [-0.39, 0.29) is 41.3 Å². The van der Waals surface area contributed by atoms with E-state index in [1.165, 1.54) is 17.7 Å². The summed E-state index contributed by atoms with van der Waals surface area (Å²) in [5.74, 6) is -1.68. The molecular formula is C31H36F2N6O3. The van der Waals surface area contributed by atoms with Crippen LogP contribution in [-0.2, 0) is 11.3 Å². The SMILES string of the molecule is CN1CCC(c2ccc(C(=O)NC(=N)c3nc(OCc4cc(F)cc(F)c4)ccc3N)c(NC3CCOCC3)c2)CC1. The van der Waals surface area contributed by atoms with Crippen molar-refractivity contribution < 1.29 is 23.0 Å². The molecule has 42 heavy (non-hydrogen) atoms. The molecule has 1 amide bonds. The molecule has 11 heteroatoms. The number of nitrogen functional groups attached to an aromatic ring is 1. The van der Waals surface area contributed by atoms with Gasteiger partial charge in [0.15, 0.2) is 5.84 Å². The monoisotopic (exact) mass is 578 g/mol. The number of carbonyl (C=O) groups is 1. The van der Waals surface area contributed by atoms with E-state index in [0.29, 0.717) is 24.7 Å². The third kappa shape index (κ3) is 7.40. The Labute approximate surface area is 243 Å².